The zero-order chi connectivity index (χ0) is 19.1. The molecule has 0 bridgehead atoms. The maximum atomic E-state index is 11.8. The van der Waals surface area contributed by atoms with E-state index < -0.39 is 5.91 Å². The van der Waals surface area contributed by atoms with Crippen molar-refractivity contribution in [1.82, 2.24) is 0 Å². The number of phenolic OH excluding ortho intramolecular Hbond substituents is 1. The summed E-state index contributed by atoms with van der Waals surface area (Å²) in [5.74, 6) is -0.0488. The number of ether oxygens (including phenoxy) is 1. The van der Waals surface area contributed by atoms with Crippen LogP contribution in [0, 0.1) is 0 Å². The normalized spacial score (nSPS) is 10.7. The van der Waals surface area contributed by atoms with Crippen molar-refractivity contribution in [2.45, 2.75) is 39.0 Å². The molecule has 0 saturated carbocycles. The molecule has 0 unspecified atom stereocenters. The lowest BCUT2D eigenvalue weighted by molar-refractivity contribution is 0.0999. The molecule has 0 aliphatic carbocycles. The molecule has 2 aromatic carbocycles. The molecule has 2 aromatic rings. The van der Waals surface area contributed by atoms with Gasteiger partial charge in [-0.3, -0.25) is 4.79 Å². The van der Waals surface area contributed by atoms with Crippen molar-refractivity contribution in [2.75, 3.05) is 6.61 Å². The highest BCUT2D eigenvalue weighted by atomic mass is 35.5. The smallest absolute Gasteiger partial charge is 0.249 e. The second-order valence-corrected chi connectivity index (χ2v) is 6.99. The van der Waals surface area contributed by atoms with Gasteiger partial charge in [-0.05, 0) is 48.2 Å². The third-order valence-electron chi connectivity index (χ3n) is 4.08. The second kappa shape index (κ2) is 9.70. The molecule has 0 atom stereocenters. The van der Waals surface area contributed by atoms with Crippen molar-refractivity contribution < 1.29 is 14.6 Å². The molecule has 0 radical (unpaired) electrons. The van der Waals surface area contributed by atoms with Gasteiger partial charge in [-0.15, -0.1) is 0 Å². The molecule has 1 amide bonds. The topological polar surface area (TPSA) is 72.6 Å². The van der Waals surface area contributed by atoms with Crippen LogP contribution in [0.25, 0.3) is 0 Å². The first-order valence-corrected chi connectivity index (χ1v) is 9.40. The van der Waals surface area contributed by atoms with Crippen molar-refractivity contribution in [3.63, 3.8) is 0 Å². The second-order valence-electron chi connectivity index (χ2n) is 6.18. The Kier molecular flexibility index (Phi) is 7.61. The fourth-order valence-corrected chi connectivity index (χ4v) is 3.22. The number of amides is 1. The Balaban J connectivity index is 2.14. The Hall–Kier alpha value is -1.91. The van der Waals surface area contributed by atoms with E-state index in [0.29, 0.717) is 24.3 Å². The molecule has 0 heterocycles. The minimum absolute atomic E-state index is 0.154. The number of carbonyl (C=O) groups excluding carboxylic acids is 1. The van der Waals surface area contributed by atoms with Gasteiger partial charge in [0, 0.05) is 5.56 Å². The van der Waals surface area contributed by atoms with E-state index in [1.807, 2.05) is 12.1 Å². The van der Waals surface area contributed by atoms with Gasteiger partial charge >= 0.3 is 0 Å². The summed E-state index contributed by atoms with van der Waals surface area (Å²) < 4.78 is 5.72. The molecule has 6 heteroatoms. The molecule has 0 spiro atoms. The van der Waals surface area contributed by atoms with Crippen LogP contribution < -0.4 is 10.5 Å². The van der Waals surface area contributed by atoms with E-state index in [2.05, 4.69) is 6.92 Å². The minimum Gasteiger partial charge on any atom is -0.505 e. The van der Waals surface area contributed by atoms with E-state index in [1.54, 1.807) is 18.2 Å². The molecule has 0 aromatic heterocycles. The van der Waals surface area contributed by atoms with Crippen LogP contribution in [-0.2, 0) is 6.42 Å². The van der Waals surface area contributed by atoms with Crippen LogP contribution in [0.15, 0.2) is 30.3 Å². The molecule has 2 rings (SSSR count). The zero-order valence-electron chi connectivity index (χ0n) is 14.7. The van der Waals surface area contributed by atoms with Crippen LogP contribution in [0.5, 0.6) is 11.5 Å². The van der Waals surface area contributed by atoms with Crippen molar-refractivity contribution in [1.29, 1.82) is 0 Å². The number of primary amides is 1. The fraction of sp³-hybridized carbons (Fsp3) is 0.350. The van der Waals surface area contributed by atoms with Crippen molar-refractivity contribution in [2.24, 2.45) is 5.73 Å². The molecule has 26 heavy (non-hydrogen) atoms. The average Bonchev–Trinajstić information content (AvgIpc) is 2.60. The maximum Gasteiger partial charge on any atom is 0.249 e. The molecule has 0 aliphatic heterocycles. The van der Waals surface area contributed by atoms with E-state index in [-0.39, 0.29) is 15.8 Å². The number of hydrogen-bond donors (Lipinski definition) is 2. The number of carbonyl (C=O) groups is 1. The molecule has 3 N–H and O–H groups in total. The number of halogens is 2. The fourth-order valence-electron chi connectivity index (χ4n) is 2.69. The SMILES string of the molecule is CCCCCCOc1ccc(Cc2cc(Cl)c(O)c(Cl)c2)c(C(N)=O)c1. The molecule has 140 valence electrons. The van der Waals surface area contributed by atoms with Gasteiger partial charge in [0.2, 0.25) is 5.91 Å². The first-order chi connectivity index (χ1) is 12.4. The summed E-state index contributed by atoms with van der Waals surface area (Å²) in [5.41, 5.74) is 7.44. The summed E-state index contributed by atoms with van der Waals surface area (Å²) in [6, 6.07) is 8.54. The predicted molar refractivity (Wildman–Crippen MR) is 106 cm³/mol. The Labute approximate surface area is 163 Å². The number of nitrogens with two attached hydrogens (primary N) is 1. The van der Waals surface area contributed by atoms with Crippen LogP contribution >= 0.6 is 23.2 Å². The summed E-state index contributed by atoms with van der Waals surface area (Å²) in [7, 11) is 0. The van der Waals surface area contributed by atoms with E-state index in [9.17, 15) is 9.90 Å². The van der Waals surface area contributed by atoms with Gasteiger partial charge in [-0.2, -0.15) is 0 Å². The average molecular weight is 396 g/mol. The third-order valence-corrected chi connectivity index (χ3v) is 4.66. The highest BCUT2D eigenvalue weighted by molar-refractivity contribution is 6.37. The molecule has 0 fully saturated rings. The lowest BCUT2D eigenvalue weighted by atomic mass is 9.99. The third kappa shape index (κ3) is 5.55. The van der Waals surface area contributed by atoms with Gasteiger partial charge in [0.1, 0.15) is 5.75 Å². The molecule has 4 nitrogen and oxygen atoms in total. The molecular weight excluding hydrogens is 373 g/mol. The predicted octanol–water partition coefficient (Wildman–Crippen LogP) is 5.35. The van der Waals surface area contributed by atoms with E-state index >= 15 is 0 Å². The van der Waals surface area contributed by atoms with Gasteiger partial charge in [-0.1, -0.05) is 55.5 Å². The highest BCUT2D eigenvalue weighted by Crippen LogP contribution is 2.33. The first kappa shape index (κ1) is 20.4. The van der Waals surface area contributed by atoms with Crippen molar-refractivity contribution in [3.8, 4) is 11.5 Å². The monoisotopic (exact) mass is 395 g/mol. The lowest BCUT2D eigenvalue weighted by Crippen LogP contribution is -2.14. The van der Waals surface area contributed by atoms with E-state index in [0.717, 1.165) is 24.0 Å². The Morgan fingerprint density at radius 1 is 1.12 bits per heavy atom. The summed E-state index contributed by atoms with van der Waals surface area (Å²) in [4.78, 5) is 11.8. The summed E-state index contributed by atoms with van der Waals surface area (Å²) >= 11 is 11.9. The van der Waals surface area contributed by atoms with Gasteiger partial charge in [-0.25, -0.2) is 0 Å². The van der Waals surface area contributed by atoms with Crippen molar-refractivity contribution in [3.05, 3.63) is 57.1 Å². The largest absolute Gasteiger partial charge is 0.505 e. The Bertz CT molecular complexity index is 755. The Morgan fingerprint density at radius 3 is 2.42 bits per heavy atom. The van der Waals surface area contributed by atoms with Gasteiger partial charge in [0.25, 0.3) is 0 Å². The number of benzene rings is 2. The van der Waals surface area contributed by atoms with Crippen LogP contribution in [0.2, 0.25) is 10.0 Å². The van der Waals surface area contributed by atoms with E-state index in [4.69, 9.17) is 33.7 Å². The van der Waals surface area contributed by atoms with Gasteiger partial charge in [0.15, 0.2) is 5.75 Å². The van der Waals surface area contributed by atoms with Crippen molar-refractivity contribution >= 4 is 29.1 Å². The summed E-state index contributed by atoms with van der Waals surface area (Å²) in [5, 5.41) is 9.99. The van der Waals surface area contributed by atoms with Gasteiger partial charge < -0.3 is 15.6 Å². The quantitative estimate of drug-likeness (QED) is 0.562. The van der Waals surface area contributed by atoms with E-state index in [1.165, 1.54) is 12.8 Å². The van der Waals surface area contributed by atoms with Crippen LogP contribution in [-0.4, -0.2) is 17.6 Å². The number of rotatable bonds is 9. The minimum atomic E-state index is -0.521. The molecular formula is C20H23Cl2NO3. The maximum absolute atomic E-state index is 11.8. The lowest BCUT2D eigenvalue weighted by Gasteiger charge is -2.12. The highest BCUT2D eigenvalue weighted by Gasteiger charge is 2.13. The Morgan fingerprint density at radius 2 is 1.81 bits per heavy atom. The van der Waals surface area contributed by atoms with Crippen LogP contribution in [0.4, 0.5) is 0 Å². The number of aromatic hydroxyl groups is 1. The zero-order valence-corrected chi connectivity index (χ0v) is 16.2. The van der Waals surface area contributed by atoms with Crippen LogP contribution in [0.3, 0.4) is 0 Å². The molecule has 0 aliphatic rings. The first-order valence-electron chi connectivity index (χ1n) is 8.64. The number of hydrogen-bond acceptors (Lipinski definition) is 3. The number of unbranched alkanes of at least 4 members (excludes halogenated alkanes) is 3. The van der Waals surface area contributed by atoms with Gasteiger partial charge in [0.05, 0.1) is 16.7 Å². The summed E-state index contributed by atoms with van der Waals surface area (Å²) in [6.07, 6.45) is 4.87. The standard InChI is InChI=1S/C20H23Cl2NO3/c1-2-3-4-5-8-26-15-7-6-14(16(12-15)20(23)25)9-13-10-17(21)19(24)18(22)11-13/h6-7,10-12,24H,2-5,8-9H2,1H3,(H2,23,25). The summed E-state index contributed by atoms with van der Waals surface area (Å²) in [6.45, 7) is 2.77. The molecule has 0 saturated heterocycles. The van der Waals surface area contributed by atoms with Crippen LogP contribution in [0.1, 0.15) is 54.1 Å². The number of phenols is 1.